The molecule has 0 atom stereocenters. The number of aromatic hydroxyl groups is 1. The SMILES string of the molecule is Cc1ccc(Sc2cc(NS(=O)(=O)c3ccccc3)c3ccccc3c2O)c(C)c1. The van der Waals surface area contributed by atoms with Crippen molar-refractivity contribution in [2.24, 2.45) is 0 Å². The Kier molecular flexibility index (Phi) is 5.45. The molecule has 4 aromatic rings. The van der Waals surface area contributed by atoms with Crippen LogP contribution in [0.5, 0.6) is 5.75 Å². The highest BCUT2D eigenvalue weighted by atomic mass is 32.2. The molecule has 6 heteroatoms. The molecule has 0 aromatic heterocycles. The minimum Gasteiger partial charge on any atom is -0.506 e. The molecule has 0 heterocycles. The van der Waals surface area contributed by atoms with Crippen molar-refractivity contribution in [3.63, 3.8) is 0 Å². The number of hydrogen-bond acceptors (Lipinski definition) is 4. The predicted molar refractivity (Wildman–Crippen MR) is 123 cm³/mol. The van der Waals surface area contributed by atoms with Gasteiger partial charge in [0.05, 0.1) is 15.5 Å². The zero-order valence-corrected chi connectivity index (χ0v) is 18.2. The van der Waals surface area contributed by atoms with Gasteiger partial charge in [-0.15, -0.1) is 0 Å². The normalized spacial score (nSPS) is 11.5. The van der Waals surface area contributed by atoms with Crippen molar-refractivity contribution in [1.82, 2.24) is 0 Å². The second-order valence-electron chi connectivity index (χ2n) is 7.11. The average molecular weight is 436 g/mol. The third-order valence-corrected chi connectivity index (χ3v) is 7.42. The van der Waals surface area contributed by atoms with Gasteiger partial charge in [-0.1, -0.05) is 71.9 Å². The minimum atomic E-state index is -3.76. The van der Waals surface area contributed by atoms with Crippen LogP contribution in [-0.4, -0.2) is 13.5 Å². The molecular weight excluding hydrogens is 414 g/mol. The number of benzene rings is 4. The van der Waals surface area contributed by atoms with Crippen molar-refractivity contribution in [3.8, 4) is 5.75 Å². The number of rotatable bonds is 5. The predicted octanol–water partition coefficient (Wildman–Crippen LogP) is 6.11. The summed E-state index contributed by atoms with van der Waals surface area (Å²) >= 11 is 1.42. The molecule has 0 unspecified atom stereocenters. The summed E-state index contributed by atoms with van der Waals surface area (Å²) in [5.74, 6) is 0.137. The van der Waals surface area contributed by atoms with E-state index in [4.69, 9.17) is 0 Å². The molecule has 4 aromatic carbocycles. The van der Waals surface area contributed by atoms with E-state index in [2.05, 4.69) is 10.8 Å². The molecule has 0 saturated carbocycles. The number of hydrogen-bond donors (Lipinski definition) is 2. The van der Waals surface area contributed by atoms with Crippen LogP contribution in [0.25, 0.3) is 10.8 Å². The minimum absolute atomic E-state index is 0.137. The lowest BCUT2D eigenvalue weighted by molar-refractivity contribution is 0.469. The molecule has 0 radical (unpaired) electrons. The molecular formula is C24H21NO3S2. The number of phenolic OH excluding ortho intramolecular Hbond substituents is 1. The highest BCUT2D eigenvalue weighted by Gasteiger charge is 2.19. The van der Waals surface area contributed by atoms with E-state index in [9.17, 15) is 13.5 Å². The number of anilines is 1. The number of fused-ring (bicyclic) bond motifs is 1. The Hall–Kier alpha value is -2.96. The summed E-state index contributed by atoms with van der Waals surface area (Å²) in [4.78, 5) is 1.78. The molecule has 152 valence electrons. The third kappa shape index (κ3) is 4.01. The molecule has 0 aliphatic heterocycles. The van der Waals surface area contributed by atoms with E-state index in [1.165, 1.54) is 11.8 Å². The summed E-state index contributed by atoms with van der Waals surface area (Å²) in [7, 11) is -3.76. The Morgan fingerprint density at radius 2 is 1.47 bits per heavy atom. The Morgan fingerprint density at radius 1 is 0.800 bits per heavy atom. The Labute approximate surface area is 180 Å². The number of nitrogens with one attached hydrogen (secondary N) is 1. The smallest absolute Gasteiger partial charge is 0.261 e. The molecule has 2 N–H and O–H groups in total. The van der Waals surface area contributed by atoms with Gasteiger partial charge in [0.1, 0.15) is 5.75 Å². The van der Waals surface area contributed by atoms with Crippen molar-refractivity contribution in [2.45, 2.75) is 28.5 Å². The Morgan fingerprint density at radius 3 is 2.17 bits per heavy atom. The summed E-state index contributed by atoms with van der Waals surface area (Å²) in [6.07, 6.45) is 0. The number of aryl methyl sites for hydroxylation is 2. The fourth-order valence-electron chi connectivity index (χ4n) is 3.33. The summed E-state index contributed by atoms with van der Waals surface area (Å²) in [6, 6.07) is 23.3. The topological polar surface area (TPSA) is 66.4 Å². The van der Waals surface area contributed by atoms with Crippen LogP contribution in [0.4, 0.5) is 5.69 Å². The van der Waals surface area contributed by atoms with Gasteiger partial charge in [-0.3, -0.25) is 4.72 Å². The van der Waals surface area contributed by atoms with Gasteiger partial charge in [0.15, 0.2) is 0 Å². The molecule has 0 spiro atoms. The monoisotopic (exact) mass is 435 g/mol. The van der Waals surface area contributed by atoms with Crippen molar-refractivity contribution in [1.29, 1.82) is 0 Å². The third-order valence-electron chi connectivity index (χ3n) is 4.83. The van der Waals surface area contributed by atoms with Crippen LogP contribution in [0.15, 0.2) is 93.5 Å². The second kappa shape index (κ2) is 8.05. The van der Waals surface area contributed by atoms with E-state index >= 15 is 0 Å². The Bertz CT molecular complexity index is 1330. The maximum Gasteiger partial charge on any atom is 0.261 e. The van der Waals surface area contributed by atoms with Crippen molar-refractivity contribution in [2.75, 3.05) is 4.72 Å². The molecule has 0 aliphatic rings. The van der Waals surface area contributed by atoms with Crippen LogP contribution >= 0.6 is 11.8 Å². The van der Waals surface area contributed by atoms with Gasteiger partial charge in [0, 0.05) is 15.7 Å². The second-order valence-corrected chi connectivity index (χ2v) is 9.87. The van der Waals surface area contributed by atoms with Crippen LogP contribution in [0.1, 0.15) is 11.1 Å². The first-order chi connectivity index (χ1) is 14.3. The van der Waals surface area contributed by atoms with E-state index in [0.717, 1.165) is 16.0 Å². The van der Waals surface area contributed by atoms with Crippen molar-refractivity contribution >= 4 is 38.2 Å². The zero-order chi connectivity index (χ0) is 21.3. The molecule has 4 rings (SSSR count). The van der Waals surface area contributed by atoms with E-state index in [1.54, 1.807) is 48.5 Å². The lowest BCUT2D eigenvalue weighted by atomic mass is 10.1. The van der Waals surface area contributed by atoms with Gasteiger partial charge in [-0.05, 0) is 43.7 Å². The highest BCUT2D eigenvalue weighted by molar-refractivity contribution is 7.99. The molecule has 30 heavy (non-hydrogen) atoms. The van der Waals surface area contributed by atoms with Crippen molar-refractivity contribution < 1.29 is 13.5 Å². The van der Waals surface area contributed by atoms with E-state index in [0.29, 0.717) is 21.4 Å². The molecule has 0 amide bonds. The Balaban J connectivity index is 1.82. The van der Waals surface area contributed by atoms with Gasteiger partial charge in [-0.25, -0.2) is 8.42 Å². The van der Waals surface area contributed by atoms with Crippen LogP contribution in [0.3, 0.4) is 0 Å². The fourth-order valence-corrected chi connectivity index (χ4v) is 5.40. The van der Waals surface area contributed by atoms with Gasteiger partial charge < -0.3 is 5.11 Å². The van der Waals surface area contributed by atoms with Crippen LogP contribution in [-0.2, 0) is 10.0 Å². The molecule has 0 saturated heterocycles. The lowest BCUT2D eigenvalue weighted by Crippen LogP contribution is -2.13. The summed E-state index contributed by atoms with van der Waals surface area (Å²) in [6.45, 7) is 4.05. The highest BCUT2D eigenvalue weighted by Crippen LogP contribution is 2.43. The number of sulfonamides is 1. The largest absolute Gasteiger partial charge is 0.506 e. The molecule has 0 fully saturated rings. The molecule has 0 bridgehead atoms. The van der Waals surface area contributed by atoms with Gasteiger partial charge >= 0.3 is 0 Å². The molecule has 4 nitrogen and oxygen atoms in total. The van der Waals surface area contributed by atoms with E-state index in [-0.39, 0.29) is 10.6 Å². The lowest BCUT2D eigenvalue weighted by Gasteiger charge is -2.15. The summed E-state index contributed by atoms with van der Waals surface area (Å²) in [5.41, 5.74) is 2.69. The number of phenols is 1. The average Bonchev–Trinajstić information content (AvgIpc) is 2.74. The van der Waals surface area contributed by atoms with E-state index < -0.39 is 10.0 Å². The van der Waals surface area contributed by atoms with Gasteiger partial charge in [0.2, 0.25) is 0 Å². The van der Waals surface area contributed by atoms with Crippen molar-refractivity contribution in [3.05, 3.63) is 90.0 Å². The maximum atomic E-state index is 12.9. The summed E-state index contributed by atoms with van der Waals surface area (Å²) in [5, 5.41) is 12.1. The first-order valence-corrected chi connectivity index (χ1v) is 11.7. The van der Waals surface area contributed by atoms with Crippen LogP contribution in [0, 0.1) is 13.8 Å². The molecule has 0 aliphatic carbocycles. The maximum absolute atomic E-state index is 12.9. The van der Waals surface area contributed by atoms with Gasteiger partial charge in [0.25, 0.3) is 10.0 Å². The van der Waals surface area contributed by atoms with Gasteiger partial charge in [-0.2, -0.15) is 0 Å². The quantitative estimate of drug-likeness (QED) is 0.371. The van der Waals surface area contributed by atoms with Crippen LogP contribution < -0.4 is 4.72 Å². The van der Waals surface area contributed by atoms with Crippen LogP contribution in [0.2, 0.25) is 0 Å². The summed E-state index contributed by atoms with van der Waals surface area (Å²) < 4.78 is 28.5. The van der Waals surface area contributed by atoms with E-state index in [1.807, 2.05) is 38.1 Å². The zero-order valence-electron chi connectivity index (χ0n) is 16.6. The first-order valence-electron chi connectivity index (χ1n) is 9.43. The fraction of sp³-hybridized carbons (Fsp3) is 0.0833. The standard InChI is InChI=1S/C24H21NO3S2/c1-16-12-13-22(17(2)14-16)29-23-15-21(19-10-6-7-11-20(19)24(23)26)25-30(27,28)18-8-4-3-5-9-18/h3-15,25-26H,1-2H3. The first kappa shape index (κ1) is 20.3.